The minimum atomic E-state index is -0.0370. The summed E-state index contributed by atoms with van der Waals surface area (Å²) in [5.41, 5.74) is 2.14. The maximum Gasteiger partial charge on any atom is 0.154 e. The van der Waals surface area contributed by atoms with Crippen molar-refractivity contribution in [2.45, 2.75) is 72.5 Å². The Labute approximate surface area is 167 Å². The minimum absolute atomic E-state index is 0.0370. The number of hydrogen-bond acceptors (Lipinski definition) is 3. The van der Waals surface area contributed by atoms with E-state index in [9.17, 15) is 4.79 Å². The molecule has 3 nitrogen and oxygen atoms in total. The summed E-state index contributed by atoms with van der Waals surface area (Å²) >= 11 is 0. The second-order valence-corrected chi connectivity index (χ2v) is 6.85. The van der Waals surface area contributed by atoms with Gasteiger partial charge in [-0.25, -0.2) is 0 Å². The first-order valence-corrected chi connectivity index (χ1v) is 10.4. The van der Waals surface area contributed by atoms with Gasteiger partial charge in [0.2, 0.25) is 0 Å². The van der Waals surface area contributed by atoms with E-state index in [-0.39, 0.29) is 6.29 Å². The lowest BCUT2D eigenvalue weighted by Gasteiger charge is -2.28. The van der Waals surface area contributed by atoms with Crippen LogP contribution in [0.15, 0.2) is 37.4 Å². The molecule has 0 amide bonds. The third-order valence-corrected chi connectivity index (χ3v) is 4.88. The summed E-state index contributed by atoms with van der Waals surface area (Å²) < 4.78 is 10.1. The van der Waals surface area contributed by atoms with Crippen LogP contribution in [-0.2, 0) is 15.9 Å². The fourth-order valence-corrected chi connectivity index (χ4v) is 3.60. The zero-order valence-electron chi connectivity index (χ0n) is 17.9. The van der Waals surface area contributed by atoms with Crippen LogP contribution in [0.3, 0.4) is 0 Å². The summed E-state index contributed by atoms with van der Waals surface area (Å²) in [6.07, 6.45) is 8.93. The Hall–Kier alpha value is -1.45. The van der Waals surface area contributed by atoms with E-state index in [4.69, 9.17) is 9.47 Å². The average Bonchev–Trinajstić information content (AvgIpc) is 2.71. The second-order valence-electron chi connectivity index (χ2n) is 6.85. The van der Waals surface area contributed by atoms with Gasteiger partial charge in [-0.1, -0.05) is 50.8 Å². The Morgan fingerprint density at radius 3 is 2.30 bits per heavy atom. The van der Waals surface area contributed by atoms with E-state index in [1.165, 1.54) is 37.7 Å². The SMILES string of the molecule is C=C.CCC1CCCC(Cc2cccc(C=O)c2)C1.CCOC(C)OCC. The molecule has 1 aliphatic carbocycles. The van der Waals surface area contributed by atoms with Gasteiger partial charge in [0.1, 0.15) is 6.29 Å². The molecular weight excluding hydrogens is 336 g/mol. The number of ether oxygens (including phenoxy) is 2. The number of rotatable bonds is 8. The average molecular weight is 377 g/mol. The Morgan fingerprint density at radius 1 is 1.11 bits per heavy atom. The molecule has 27 heavy (non-hydrogen) atoms. The predicted molar refractivity (Wildman–Crippen MR) is 115 cm³/mol. The van der Waals surface area contributed by atoms with E-state index in [0.29, 0.717) is 0 Å². The van der Waals surface area contributed by atoms with Gasteiger partial charge in [0.15, 0.2) is 6.29 Å². The molecule has 0 spiro atoms. The van der Waals surface area contributed by atoms with E-state index in [2.05, 4.69) is 26.1 Å². The van der Waals surface area contributed by atoms with Crippen molar-refractivity contribution in [1.82, 2.24) is 0 Å². The van der Waals surface area contributed by atoms with E-state index in [1.807, 2.05) is 39.0 Å². The number of benzene rings is 1. The van der Waals surface area contributed by atoms with Gasteiger partial charge in [-0.3, -0.25) is 4.79 Å². The molecule has 1 aromatic carbocycles. The normalized spacial score (nSPS) is 18.7. The van der Waals surface area contributed by atoms with Crippen molar-refractivity contribution in [1.29, 1.82) is 0 Å². The van der Waals surface area contributed by atoms with Crippen LogP contribution in [0.2, 0.25) is 0 Å². The highest BCUT2D eigenvalue weighted by atomic mass is 16.7. The van der Waals surface area contributed by atoms with Gasteiger partial charge in [0.05, 0.1) is 0 Å². The van der Waals surface area contributed by atoms with E-state index in [0.717, 1.165) is 43.3 Å². The van der Waals surface area contributed by atoms with Crippen LogP contribution in [0, 0.1) is 11.8 Å². The molecule has 2 unspecified atom stereocenters. The summed E-state index contributed by atoms with van der Waals surface area (Å²) in [6.45, 7) is 15.6. The van der Waals surface area contributed by atoms with E-state index >= 15 is 0 Å². The van der Waals surface area contributed by atoms with Crippen molar-refractivity contribution in [3.05, 3.63) is 48.6 Å². The van der Waals surface area contributed by atoms with Crippen LogP contribution in [0.25, 0.3) is 0 Å². The quantitative estimate of drug-likeness (QED) is 0.296. The molecule has 2 rings (SSSR count). The molecule has 0 aliphatic heterocycles. The van der Waals surface area contributed by atoms with Gasteiger partial charge in [-0.15, -0.1) is 13.2 Å². The fraction of sp³-hybridized carbons (Fsp3) is 0.625. The lowest BCUT2D eigenvalue weighted by molar-refractivity contribution is -0.123. The van der Waals surface area contributed by atoms with Gasteiger partial charge in [0.25, 0.3) is 0 Å². The van der Waals surface area contributed by atoms with Gasteiger partial charge >= 0.3 is 0 Å². The molecular formula is C24H40O3. The summed E-state index contributed by atoms with van der Waals surface area (Å²) in [5, 5.41) is 0. The smallest absolute Gasteiger partial charge is 0.154 e. The lowest BCUT2D eigenvalue weighted by atomic mass is 9.77. The summed E-state index contributed by atoms with van der Waals surface area (Å²) in [5.74, 6) is 1.76. The van der Waals surface area contributed by atoms with Crippen LogP contribution < -0.4 is 0 Å². The Morgan fingerprint density at radius 2 is 1.74 bits per heavy atom. The minimum Gasteiger partial charge on any atom is -0.353 e. The van der Waals surface area contributed by atoms with Crippen molar-refractivity contribution in [3.63, 3.8) is 0 Å². The molecule has 1 aliphatic rings. The molecule has 0 saturated heterocycles. The van der Waals surface area contributed by atoms with E-state index in [1.54, 1.807) is 0 Å². The van der Waals surface area contributed by atoms with Gasteiger partial charge < -0.3 is 9.47 Å². The van der Waals surface area contributed by atoms with Crippen LogP contribution in [0.1, 0.15) is 75.7 Å². The molecule has 0 heterocycles. The highest BCUT2D eigenvalue weighted by Crippen LogP contribution is 2.32. The first-order chi connectivity index (χ1) is 13.1. The lowest BCUT2D eigenvalue weighted by Crippen LogP contribution is -2.16. The molecule has 2 atom stereocenters. The summed E-state index contributed by atoms with van der Waals surface area (Å²) in [7, 11) is 0. The molecule has 0 N–H and O–H groups in total. The van der Waals surface area contributed by atoms with Crippen molar-refractivity contribution in [2.24, 2.45) is 11.8 Å². The number of carbonyl (C=O) groups excluding carboxylic acids is 1. The molecule has 0 bridgehead atoms. The van der Waals surface area contributed by atoms with Crippen LogP contribution >= 0.6 is 0 Å². The standard InChI is InChI=1S/C16H22O.C6H14O2.C2H4/c1-2-13-5-3-6-14(9-13)10-15-7-4-8-16(11-15)12-17;1-4-7-6(3)8-5-2;1-2/h4,7-8,11-14H,2-3,5-6,9-10H2,1H3;6H,4-5H2,1-3H3;1-2H2. The van der Waals surface area contributed by atoms with Crippen LogP contribution in [0.5, 0.6) is 0 Å². The molecule has 0 radical (unpaired) electrons. The molecule has 1 aromatic rings. The largest absolute Gasteiger partial charge is 0.353 e. The maximum absolute atomic E-state index is 10.7. The third-order valence-electron chi connectivity index (χ3n) is 4.88. The zero-order valence-corrected chi connectivity index (χ0v) is 17.9. The Kier molecular flexibility index (Phi) is 15.8. The topological polar surface area (TPSA) is 35.5 Å². The molecule has 1 fully saturated rings. The number of hydrogen-bond donors (Lipinski definition) is 0. The summed E-state index contributed by atoms with van der Waals surface area (Å²) in [4.78, 5) is 10.7. The van der Waals surface area contributed by atoms with Crippen LogP contribution in [0.4, 0.5) is 0 Å². The highest BCUT2D eigenvalue weighted by molar-refractivity contribution is 5.74. The maximum atomic E-state index is 10.7. The molecule has 3 heteroatoms. The highest BCUT2D eigenvalue weighted by Gasteiger charge is 2.20. The van der Waals surface area contributed by atoms with Crippen molar-refractivity contribution < 1.29 is 14.3 Å². The Bertz CT molecular complexity index is 480. The second kappa shape index (κ2) is 16.7. The molecule has 1 saturated carbocycles. The van der Waals surface area contributed by atoms with Crippen molar-refractivity contribution >= 4 is 6.29 Å². The fourth-order valence-electron chi connectivity index (χ4n) is 3.60. The monoisotopic (exact) mass is 376 g/mol. The van der Waals surface area contributed by atoms with Crippen molar-refractivity contribution in [2.75, 3.05) is 13.2 Å². The number of carbonyl (C=O) groups is 1. The van der Waals surface area contributed by atoms with Gasteiger partial charge in [0, 0.05) is 18.8 Å². The third kappa shape index (κ3) is 11.8. The zero-order chi connectivity index (χ0) is 20.5. The Balaban J connectivity index is 0.000000574. The first-order valence-electron chi connectivity index (χ1n) is 10.4. The molecule has 0 aromatic heterocycles. The van der Waals surface area contributed by atoms with E-state index < -0.39 is 0 Å². The summed E-state index contributed by atoms with van der Waals surface area (Å²) in [6, 6.07) is 8.08. The first kappa shape index (κ1) is 25.6. The van der Waals surface area contributed by atoms with Gasteiger partial charge in [-0.2, -0.15) is 0 Å². The molecule has 154 valence electrons. The van der Waals surface area contributed by atoms with Crippen LogP contribution in [-0.4, -0.2) is 25.8 Å². The van der Waals surface area contributed by atoms with Crippen molar-refractivity contribution in [3.8, 4) is 0 Å². The van der Waals surface area contributed by atoms with Gasteiger partial charge in [-0.05, 0) is 57.1 Å². The number of aldehydes is 1. The predicted octanol–water partition coefficient (Wildman–Crippen LogP) is 6.47.